The van der Waals surface area contributed by atoms with Crippen LogP contribution in [0.25, 0.3) is 0 Å². The fourth-order valence-electron chi connectivity index (χ4n) is 2.26. The van der Waals surface area contributed by atoms with Crippen molar-refractivity contribution < 1.29 is 9.90 Å². The number of aliphatic hydroxyl groups is 1. The molecule has 1 aromatic heterocycles. The van der Waals surface area contributed by atoms with E-state index in [1.807, 2.05) is 0 Å². The van der Waals surface area contributed by atoms with Crippen molar-refractivity contribution in [3.63, 3.8) is 0 Å². The van der Waals surface area contributed by atoms with Crippen LogP contribution in [0.2, 0.25) is 0 Å². The van der Waals surface area contributed by atoms with E-state index in [-0.39, 0.29) is 11.9 Å². The molecule has 0 aliphatic heterocycles. The van der Waals surface area contributed by atoms with Gasteiger partial charge in [0.2, 0.25) is 0 Å². The molecule has 2 unspecified atom stereocenters. The van der Waals surface area contributed by atoms with E-state index in [0.717, 1.165) is 25.7 Å². The molecule has 2 rings (SSSR count). The number of likely N-dealkylation sites (N-methyl/N-ethyl adjacent to an activating group) is 1. The third-order valence-electron chi connectivity index (χ3n) is 3.25. The summed E-state index contributed by atoms with van der Waals surface area (Å²) < 4.78 is 0. The van der Waals surface area contributed by atoms with Gasteiger partial charge in [0.1, 0.15) is 5.69 Å². The fourth-order valence-corrected chi connectivity index (χ4v) is 2.80. The number of rotatable bonds is 2. The van der Waals surface area contributed by atoms with Crippen LogP contribution in [0.3, 0.4) is 0 Å². The molecule has 0 aromatic carbocycles. The average Bonchev–Trinajstić information content (AvgIpc) is 2.75. The van der Waals surface area contributed by atoms with Crippen molar-refractivity contribution in [2.24, 2.45) is 0 Å². The Morgan fingerprint density at radius 3 is 2.88 bits per heavy atom. The van der Waals surface area contributed by atoms with E-state index in [1.165, 1.54) is 11.3 Å². The van der Waals surface area contributed by atoms with Crippen LogP contribution in [0.1, 0.15) is 36.2 Å². The second-order valence-electron chi connectivity index (χ2n) is 4.41. The number of thiazole rings is 1. The molecule has 3 N–H and O–H groups in total. The van der Waals surface area contributed by atoms with Crippen LogP contribution in [0, 0.1) is 0 Å². The van der Waals surface area contributed by atoms with Crippen molar-refractivity contribution in [2.45, 2.75) is 37.8 Å². The van der Waals surface area contributed by atoms with Crippen molar-refractivity contribution in [1.82, 2.24) is 9.88 Å². The summed E-state index contributed by atoms with van der Waals surface area (Å²) in [5, 5.41) is 12.0. The topological polar surface area (TPSA) is 79.5 Å². The third kappa shape index (κ3) is 2.58. The molecule has 1 heterocycles. The van der Waals surface area contributed by atoms with Gasteiger partial charge < -0.3 is 15.7 Å². The fraction of sp³-hybridized carbons (Fsp3) is 0.636. The van der Waals surface area contributed by atoms with Crippen LogP contribution in [0.4, 0.5) is 5.13 Å². The first-order chi connectivity index (χ1) is 8.09. The number of hydrogen-bond donors (Lipinski definition) is 2. The summed E-state index contributed by atoms with van der Waals surface area (Å²) in [6.45, 7) is 0. The summed E-state index contributed by atoms with van der Waals surface area (Å²) >= 11 is 1.25. The van der Waals surface area contributed by atoms with Crippen molar-refractivity contribution in [3.8, 4) is 0 Å². The van der Waals surface area contributed by atoms with Crippen molar-refractivity contribution in [1.29, 1.82) is 0 Å². The smallest absolute Gasteiger partial charge is 0.273 e. The number of aromatic nitrogens is 1. The molecule has 1 fully saturated rings. The highest BCUT2D eigenvalue weighted by Crippen LogP contribution is 2.24. The Kier molecular flexibility index (Phi) is 3.63. The van der Waals surface area contributed by atoms with Gasteiger partial charge in [0.05, 0.1) is 12.1 Å². The van der Waals surface area contributed by atoms with Gasteiger partial charge in [-0.05, 0) is 12.8 Å². The molecule has 1 aliphatic carbocycles. The maximum absolute atomic E-state index is 12.1. The standard InChI is InChI=1S/C11H17N3O2S/c1-14(8-4-2-3-5-9(8)15)10(16)7-6-17-11(12)13-7/h6,8-9,15H,2-5H2,1H3,(H2,12,13). The van der Waals surface area contributed by atoms with E-state index in [1.54, 1.807) is 17.3 Å². The lowest BCUT2D eigenvalue weighted by Gasteiger charge is -2.34. The van der Waals surface area contributed by atoms with Gasteiger partial charge in [-0.2, -0.15) is 0 Å². The van der Waals surface area contributed by atoms with Crippen LogP contribution in [-0.2, 0) is 0 Å². The normalized spacial score (nSPS) is 24.6. The summed E-state index contributed by atoms with van der Waals surface area (Å²) in [6.07, 6.45) is 3.28. The SMILES string of the molecule is CN(C(=O)c1csc(N)n1)C1CCCCC1O. The maximum atomic E-state index is 12.1. The van der Waals surface area contributed by atoms with Gasteiger partial charge in [0.25, 0.3) is 5.91 Å². The molecule has 1 aromatic rings. The Labute approximate surface area is 104 Å². The van der Waals surface area contributed by atoms with E-state index in [4.69, 9.17) is 5.73 Å². The van der Waals surface area contributed by atoms with Crippen molar-refractivity contribution >= 4 is 22.4 Å². The average molecular weight is 255 g/mol. The largest absolute Gasteiger partial charge is 0.391 e. The van der Waals surface area contributed by atoms with E-state index in [9.17, 15) is 9.90 Å². The van der Waals surface area contributed by atoms with Gasteiger partial charge in [-0.15, -0.1) is 11.3 Å². The summed E-state index contributed by atoms with van der Waals surface area (Å²) in [5.41, 5.74) is 5.88. The minimum absolute atomic E-state index is 0.0980. The zero-order valence-electron chi connectivity index (χ0n) is 9.80. The lowest BCUT2D eigenvalue weighted by atomic mass is 9.91. The summed E-state index contributed by atoms with van der Waals surface area (Å²) in [5.74, 6) is -0.163. The summed E-state index contributed by atoms with van der Waals surface area (Å²) in [6, 6.07) is -0.0980. The van der Waals surface area contributed by atoms with E-state index < -0.39 is 6.10 Å². The molecular formula is C11H17N3O2S. The Balaban J connectivity index is 2.08. The molecule has 1 aliphatic rings. The Morgan fingerprint density at radius 1 is 1.59 bits per heavy atom. The lowest BCUT2D eigenvalue weighted by molar-refractivity contribution is 0.0265. The number of nitrogens with two attached hydrogens (primary N) is 1. The molecule has 6 heteroatoms. The zero-order valence-corrected chi connectivity index (χ0v) is 10.6. The van der Waals surface area contributed by atoms with Gasteiger partial charge in [-0.3, -0.25) is 4.79 Å². The predicted molar refractivity (Wildman–Crippen MR) is 66.9 cm³/mol. The maximum Gasteiger partial charge on any atom is 0.273 e. The molecule has 0 bridgehead atoms. The third-order valence-corrected chi connectivity index (χ3v) is 3.93. The zero-order chi connectivity index (χ0) is 12.4. The molecule has 2 atom stereocenters. The number of nitrogen functional groups attached to an aromatic ring is 1. The number of carbonyl (C=O) groups excluding carboxylic acids is 1. The minimum Gasteiger partial charge on any atom is -0.391 e. The number of amides is 1. The minimum atomic E-state index is -0.423. The lowest BCUT2D eigenvalue weighted by Crippen LogP contribution is -2.46. The van der Waals surface area contributed by atoms with Crippen molar-refractivity contribution in [2.75, 3.05) is 12.8 Å². The Bertz CT molecular complexity index is 407. The highest BCUT2D eigenvalue weighted by molar-refractivity contribution is 7.13. The van der Waals surface area contributed by atoms with Crippen LogP contribution >= 0.6 is 11.3 Å². The highest BCUT2D eigenvalue weighted by atomic mass is 32.1. The molecule has 0 spiro atoms. The number of carbonyl (C=O) groups is 1. The first kappa shape index (κ1) is 12.3. The molecule has 94 valence electrons. The van der Waals surface area contributed by atoms with E-state index in [0.29, 0.717) is 10.8 Å². The molecule has 17 heavy (non-hydrogen) atoms. The second-order valence-corrected chi connectivity index (χ2v) is 5.30. The molecular weight excluding hydrogens is 238 g/mol. The van der Waals surface area contributed by atoms with Crippen LogP contribution < -0.4 is 5.73 Å². The molecule has 1 saturated carbocycles. The Morgan fingerprint density at radius 2 is 2.29 bits per heavy atom. The number of anilines is 1. The number of hydrogen-bond acceptors (Lipinski definition) is 5. The van der Waals surface area contributed by atoms with Gasteiger partial charge in [0.15, 0.2) is 5.13 Å². The quantitative estimate of drug-likeness (QED) is 0.829. The highest BCUT2D eigenvalue weighted by Gasteiger charge is 2.30. The molecule has 5 nitrogen and oxygen atoms in total. The van der Waals surface area contributed by atoms with Crippen molar-refractivity contribution in [3.05, 3.63) is 11.1 Å². The summed E-state index contributed by atoms with van der Waals surface area (Å²) in [7, 11) is 1.72. The first-order valence-electron chi connectivity index (χ1n) is 5.76. The Hall–Kier alpha value is -1.14. The number of aliphatic hydroxyl groups excluding tert-OH is 1. The predicted octanol–water partition coefficient (Wildman–Crippen LogP) is 1.10. The van der Waals surface area contributed by atoms with Gasteiger partial charge in [-0.1, -0.05) is 12.8 Å². The number of nitrogens with zero attached hydrogens (tertiary/aromatic N) is 2. The van der Waals surface area contributed by atoms with Gasteiger partial charge >= 0.3 is 0 Å². The monoisotopic (exact) mass is 255 g/mol. The molecule has 0 radical (unpaired) electrons. The second kappa shape index (κ2) is 5.01. The van der Waals surface area contributed by atoms with Crippen LogP contribution in [0.15, 0.2) is 5.38 Å². The first-order valence-corrected chi connectivity index (χ1v) is 6.64. The van der Waals surface area contributed by atoms with E-state index in [2.05, 4.69) is 4.98 Å². The van der Waals surface area contributed by atoms with E-state index >= 15 is 0 Å². The van der Waals surface area contributed by atoms with Gasteiger partial charge in [0, 0.05) is 12.4 Å². The van der Waals surface area contributed by atoms with Crippen LogP contribution in [-0.4, -0.2) is 40.1 Å². The summed E-state index contributed by atoms with van der Waals surface area (Å²) in [4.78, 5) is 17.7. The van der Waals surface area contributed by atoms with Crippen LogP contribution in [0.5, 0.6) is 0 Å². The molecule has 1 amide bonds. The molecule has 0 saturated heterocycles. The van der Waals surface area contributed by atoms with Gasteiger partial charge in [-0.25, -0.2) is 4.98 Å².